The topological polar surface area (TPSA) is 84.9 Å². The second-order valence-electron chi connectivity index (χ2n) is 7.49. The van der Waals surface area contributed by atoms with Crippen molar-refractivity contribution in [2.75, 3.05) is 13.2 Å². The molecule has 3 aromatic carbocycles. The number of ether oxygens (including phenoxy) is 2. The third-order valence-corrected chi connectivity index (χ3v) is 5.34. The molecule has 0 saturated carbocycles. The van der Waals surface area contributed by atoms with Gasteiger partial charge in [0.2, 0.25) is 0 Å². The Morgan fingerprint density at radius 3 is 2.23 bits per heavy atom. The molecule has 31 heavy (non-hydrogen) atoms. The fraction of sp³-hybridized carbons (Fsp3) is 0.200. The molecule has 1 aliphatic rings. The lowest BCUT2D eigenvalue weighted by Gasteiger charge is -2.18. The Hall–Kier alpha value is -3.80. The number of nitrogens with one attached hydrogen (secondary N) is 1. The maximum absolute atomic E-state index is 12.4. The van der Waals surface area contributed by atoms with E-state index in [1.807, 2.05) is 55.5 Å². The van der Waals surface area contributed by atoms with Crippen LogP contribution in [0, 0.1) is 6.92 Å². The maximum atomic E-state index is 12.4. The van der Waals surface area contributed by atoms with E-state index >= 15 is 0 Å². The molecule has 0 saturated heterocycles. The van der Waals surface area contributed by atoms with Gasteiger partial charge in [-0.1, -0.05) is 60.7 Å². The average molecular weight is 417 g/mol. The Kier molecular flexibility index (Phi) is 5.89. The van der Waals surface area contributed by atoms with Gasteiger partial charge in [0, 0.05) is 5.92 Å². The molecule has 0 aliphatic heterocycles. The van der Waals surface area contributed by atoms with Gasteiger partial charge in [-0.15, -0.1) is 0 Å². The molecule has 1 unspecified atom stereocenters. The van der Waals surface area contributed by atoms with E-state index < -0.39 is 18.1 Å². The standard InChI is InChI=1S/C25H23NO5/c1-16-7-6-8-17(13-16)30-15-23(24(27)28)26-25(29)31-14-22-20-11-4-2-9-18(20)19-10-3-5-12-21(19)22/h2-13,22-23H,14-15H2,1H3,(H,26,29)(H,27,28). The molecule has 0 radical (unpaired) electrons. The van der Waals surface area contributed by atoms with E-state index in [2.05, 4.69) is 17.4 Å². The molecule has 1 atom stereocenters. The monoisotopic (exact) mass is 417 g/mol. The molecule has 158 valence electrons. The minimum absolute atomic E-state index is 0.0926. The Bertz CT molecular complexity index is 1060. The summed E-state index contributed by atoms with van der Waals surface area (Å²) < 4.78 is 11.0. The fourth-order valence-electron chi connectivity index (χ4n) is 3.84. The third-order valence-electron chi connectivity index (χ3n) is 5.34. The minimum atomic E-state index is -1.23. The summed E-state index contributed by atoms with van der Waals surface area (Å²) in [5, 5.41) is 11.8. The second kappa shape index (κ2) is 8.92. The summed E-state index contributed by atoms with van der Waals surface area (Å²) in [7, 11) is 0. The molecule has 2 N–H and O–H groups in total. The molecular weight excluding hydrogens is 394 g/mol. The van der Waals surface area contributed by atoms with Gasteiger partial charge in [-0.25, -0.2) is 9.59 Å². The number of amides is 1. The van der Waals surface area contributed by atoms with Crippen LogP contribution in [-0.4, -0.2) is 36.4 Å². The number of hydrogen-bond acceptors (Lipinski definition) is 4. The van der Waals surface area contributed by atoms with Crippen LogP contribution in [0.5, 0.6) is 5.75 Å². The fourth-order valence-corrected chi connectivity index (χ4v) is 3.84. The van der Waals surface area contributed by atoms with Crippen LogP contribution in [0.2, 0.25) is 0 Å². The molecule has 1 amide bonds. The lowest BCUT2D eigenvalue weighted by Crippen LogP contribution is -2.45. The molecule has 3 aromatic rings. The number of carbonyl (C=O) groups is 2. The van der Waals surface area contributed by atoms with Crippen LogP contribution in [0.25, 0.3) is 11.1 Å². The van der Waals surface area contributed by atoms with Gasteiger partial charge in [0.25, 0.3) is 0 Å². The van der Waals surface area contributed by atoms with Crippen LogP contribution in [0.15, 0.2) is 72.8 Å². The van der Waals surface area contributed by atoms with E-state index in [-0.39, 0.29) is 19.1 Å². The highest BCUT2D eigenvalue weighted by Gasteiger charge is 2.29. The van der Waals surface area contributed by atoms with E-state index in [0.717, 1.165) is 27.8 Å². The van der Waals surface area contributed by atoms with Crippen molar-refractivity contribution >= 4 is 12.1 Å². The van der Waals surface area contributed by atoms with Crippen molar-refractivity contribution in [1.82, 2.24) is 5.32 Å². The summed E-state index contributed by atoms with van der Waals surface area (Å²) in [6.45, 7) is 1.82. The smallest absolute Gasteiger partial charge is 0.407 e. The number of alkyl carbamates (subject to hydrolysis) is 1. The number of fused-ring (bicyclic) bond motifs is 3. The molecular formula is C25H23NO5. The lowest BCUT2D eigenvalue weighted by molar-refractivity contribution is -0.140. The van der Waals surface area contributed by atoms with E-state index in [1.54, 1.807) is 12.1 Å². The van der Waals surface area contributed by atoms with Crippen LogP contribution in [0.1, 0.15) is 22.6 Å². The van der Waals surface area contributed by atoms with Crippen LogP contribution < -0.4 is 10.1 Å². The summed E-state index contributed by atoms with van der Waals surface area (Å²) >= 11 is 0. The van der Waals surface area contributed by atoms with Gasteiger partial charge in [-0.05, 0) is 46.9 Å². The number of aliphatic carboxylic acids is 1. The van der Waals surface area contributed by atoms with E-state index in [9.17, 15) is 14.7 Å². The minimum Gasteiger partial charge on any atom is -0.491 e. The Labute approximate surface area is 180 Å². The molecule has 6 nitrogen and oxygen atoms in total. The normalized spacial score (nSPS) is 13.1. The van der Waals surface area contributed by atoms with Crippen molar-refractivity contribution < 1.29 is 24.2 Å². The largest absolute Gasteiger partial charge is 0.491 e. The van der Waals surface area contributed by atoms with Crippen molar-refractivity contribution in [1.29, 1.82) is 0 Å². The van der Waals surface area contributed by atoms with Crippen LogP contribution in [0.4, 0.5) is 4.79 Å². The van der Waals surface area contributed by atoms with Crippen molar-refractivity contribution in [3.63, 3.8) is 0 Å². The predicted molar refractivity (Wildman–Crippen MR) is 116 cm³/mol. The zero-order valence-electron chi connectivity index (χ0n) is 17.1. The van der Waals surface area contributed by atoms with Crippen molar-refractivity contribution in [3.05, 3.63) is 89.5 Å². The molecule has 0 aromatic heterocycles. The van der Waals surface area contributed by atoms with Gasteiger partial charge in [0.05, 0.1) is 0 Å². The van der Waals surface area contributed by atoms with Gasteiger partial charge >= 0.3 is 12.1 Å². The van der Waals surface area contributed by atoms with E-state index in [0.29, 0.717) is 5.75 Å². The highest BCUT2D eigenvalue weighted by molar-refractivity contribution is 5.81. The second-order valence-corrected chi connectivity index (χ2v) is 7.49. The molecule has 0 heterocycles. The van der Waals surface area contributed by atoms with Crippen LogP contribution in [-0.2, 0) is 9.53 Å². The van der Waals surface area contributed by atoms with Crippen LogP contribution >= 0.6 is 0 Å². The van der Waals surface area contributed by atoms with Crippen molar-refractivity contribution in [2.45, 2.75) is 18.9 Å². The zero-order valence-corrected chi connectivity index (χ0v) is 17.1. The number of carboxylic acids is 1. The predicted octanol–water partition coefficient (Wildman–Crippen LogP) is 4.37. The Balaban J connectivity index is 1.38. The first-order valence-electron chi connectivity index (χ1n) is 10.1. The summed E-state index contributed by atoms with van der Waals surface area (Å²) in [4.78, 5) is 23.9. The van der Waals surface area contributed by atoms with Gasteiger partial charge < -0.3 is 19.9 Å². The van der Waals surface area contributed by atoms with Crippen LogP contribution in [0.3, 0.4) is 0 Å². The summed E-state index contributed by atoms with van der Waals surface area (Å²) in [5.41, 5.74) is 5.43. The van der Waals surface area contributed by atoms with Gasteiger partial charge in [-0.2, -0.15) is 0 Å². The lowest BCUT2D eigenvalue weighted by atomic mass is 9.98. The SMILES string of the molecule is Cc1cccc(OCC(NC(=O)OCC2c3ccccc3-c3ccccc32)C(=O)O)c1. The van der Waals surface area contributed by atoms with E-state index in [4.69, 9.17) is 9.47 Å². The first-order chi connectivity index (χ1) is 15.0. The van der Waals surface area contributed by atoms with Gasteiger partial charge in [0.1, 0.15) is 19.0 Å². The number of aryl methyl sites for hydroxylation is 1. The van der Waals surface area contributed by atoms with Crippen molar-refractivity contribution in [3.8, 4) is 16.9 Å². The molecule has 1 aliphatic carbocycles. The first-order valence-corrected chi connectivity index (χ1v) is 10.1. The highest BCUT2D eigenvalue weighted by atomic mass is 16.5. The Morgan fingerprint density at radius 1 is 0.968 bits per heavy atom. The number of carboxylic acid groups (broad SMARTS) is 1. The summed E-state index contributed by atoms with van der Waals surface area (Å²) in [6, 6.07) is 22.1. The number of carbonyl (C=O) groups excluding carboxylic acids is 1. The molecule has 0 spiro atoms. The molecule has 4 rings (SSSR count). The van der Waals surface area contributed by atoms with Gasteiger partial charge in [0.15, 0.2) is 6.04 Å². The van der Waals surface area contributed by atoms with Gasteiger partial charge in [-0.3, -0.25) is 0 Å². The number of hydrogen-bond donors (Lipinski definition) is 2. The average Bonchev–Trinajstić information content (AvgIpc) is 3.09. The Morgan fingerprint density at radius 2 is 1.61 bits per heavy atom. The number of benzene rings is 3. The first kappa shape index (κ1) is 20.5. The van der Waals surface area contributed by atoms with Crippen molar-refractivity contribution in [2.24, 2.45) is 0 Å². The molecule has 0 bridgehead atoms. The number of rotatable bonds is 7. The quantitative estimate of drug-likeness (QED) is 0.596. The highest BCUT2D eigenvalue weighted by Crippen LogP contribution is 2.44. The zero-order chi connectivity index (χ0) is 21.8. The summed E-state index contributed by atoms with van der Waals surface area (Å²) in [6.07, 6.45) is -0.790. The molecule has 0 fully saturated rings. The molecule has 6 heteroatoms. The maximum Gasteiger partial charge on any atom is 0.407 e. The third kappa shape index (κ3) is 4.53. The van der Waals surface area contributed by atoms with E-state index in [1.165, 1.54) is 0 Å². The summed E-state index contributed by atoms with van der Waals surface area (Å²) in [5.74, 6) is -0.744.